The molecule has 0 aliphatic rings. The van der Waals surface area contributed by atoms with Crippen molar-refractivity contribution in [2.45, 2.75) is 0 Å². The summed E-state index contributed by atoms with van der Waals surface area (Å²) in [7, 11) is -4.12. The number of hydrogen-bond donors (Lipinski definition) is 1. The van der Waals surface area contributed by atoms with E-state index in [0.29, 0.717) is 0 Å². The molecule has 0 aromatic rings. The smallest absolute Gasteiger partial charge is 0.456 e. The Morgan fingerprint density at radius 3 is 1.43 bits per heavy atom. The van der Waals surface area contributed by atoms with Gasteiger partial charge >= 0.3 is 8.85 Å². The van der Waals surface area contributed by atoms with E-state index in [1.165, 1.54) is 0 Å². The largest absolute Gasteiger partial charge is 0.483 e. The fourth-order valence-electron chi connectivity index (χ4n) is 0. The van der Waals surface area contributed by atoms with Crippen molar-refractivity contribution in [3.63, 3.8) is 0 Å². The lowest BCUT2D eigenvalue weighted by Gasteiger charge is -1.61. The summed E-state index contributed by atoms with van der Waals surface area (Å²) in [6.45, 7) is -0.250. The molecule has 0 aliphatic carbocycles. The van der Waals surface area contributed by atoms with Crippen molar-refractivity contribution in [2.24, 2.45) is 0 Å². The molecule has 0 heterocycles. The van der Waals surface area contributed by atoms with E-state index in [9.17, 15) is 12.6 Å². The van der Waals surface area contributed by atoms with Crippen LogP contribution in [-0.2, 0) is 4.79 Å². The van der Waals surface area contributed by atoms with Crippen LogP contribution in [0.25, 0.3) is 0 Å². The van der Waals surface area contributed by atoms with Gasteiger partial charge in [0.05, 0.1) is 0 Å². The van der Waals surface area contributed by atoms with Crippen LogP contribution in [0, 0.1) is 0 Å². The van der Waals surface area contributed by atoms with Crippen LogP contribution < -0.4 is 0 Å². The summed E-state index contributed by atoms with van der Waals surface area (Å²) in [6, 6.07) is 0. The predicted molar refractivity (Wildman–Crippen MR) is 18.9 cm³/mol. The van der Waals surface area contributed by atoms with Gasteiger partial charge in [-0.2, -0.15) is 12.6 Å². The summed E-state index contributed by atoms with van der Waals surface area (Å²) in [5, 5.41) is 6.89. The third kappa shape index (κ3) is 806. The summed E-state index contributed by atoms with van der Waals surface area (Å²) in [5.41, 5.74) is 0. The molecule has 0 bridgehead atoms. The molecular formula is CH2F3O2P. The van der Waals surface area contributed by atoms with Gasteiger partial charge in [0.25, 0.3) is 6.47 Å². The van der Waals surface area contributed by atoms with E-state index in [0.717, 1.165) is 0 Å². The molecule has 6 heteroatoms. The van der Waals surface area contributed by atoms with E-state index in [4.69, 9.17) is 9.90 Å². The zero-order chi connectivity index (χ0) is 6.28. The maximum absolute atomic E-state index is 9.73. The molecular weight excluding hydrogens is 132 g/mol. The Hall–Kier alpha value is -0.310. The zero-order valence-electron chi connectivity index (χ0n) is 3.01. The highest BCUT2D eigenvalue weighted by molar-refractivity contribution is 7.40. The Morgan fingerprint density at radius 2 is 1.43 bits per heavy atom. The van der Waals surface area contributed by atoms with Gasteiger partial charge in [-0.15, -0.1) is 0 Å². The molecule has 0 atom stereocenters. The van der Waals surface area contributed by atoms with Crippen LogP contribution >= 0.6 is 8.85 Å². The van der Waals surface area contributed by atoms with Gasteiger partial charge in [-0.05, 0) is 0 Å². The molecule has 0 radical (unpaired) electrons. The minimum atomic E-state index is -4.12. The minimum absolute atomic E-state index is 0.250. The van der Waals surface area contributed by atoms with Crippen LogP contribution in [0.15, 0.2) is 0 Å². The molecule has 0 saturated heterocycles. The van der Waals surface area contributed by atoms with Crippen LogP contribution in [0.2, 0.25) is 0 Å². The summed E-state index contributed by atoms with van der Waals surface area (Å²) < 4.78 is 29.2. The van der Waals surface area contributed by atoms with E-state index in [2.05, 4.69) is 0 Å². The van der Waals surface area contributed by atoms with Crippen LogP contribution in [0.3, 0.4) is 0 Å². The summed E-state index contributed by atoms with van der Waals surface area (Å²) in [5.74, 6) is 0. The second-order valence-corrected chi connectivity index (χ2v) is 0.680. The lowest BCUT2D eigenvalue weighted by Crippen LogP contribution is -1.49. The fourth-order valence-corrected chi connectivity index (χ4v) is 0. The molecule has 0 unspecified atom stereocenters. The SMILES string of the molecule is FP(F)F.O=CO. The van der Waals surface area contributed by atoms with Gasteiger partial charge in [0.15, 0.2) is 0 Å². The zero-order valence-corrected chi connectivity index (χ0v) is 3.91. The average molecular weight is 134 g/mol. The summed E-state index contributed by atoms with van der Waals surface area (Å²) in [6.07, 6.45) is 0. The molecule has 44 valence electrons. The number of halogens is 3. The molecule has 0 spiro atoms. The topological polar surface area (TPSA) is 37.3 Å². The molecule has 2 nitrogen and oxygen atoms in total. The number of rotatable bonds is 0. The van der Waals surface area contributed by atoms with Crippen LogP contribution in [0.1, 0.15) is 0 Å². The first-order chi connectivity index (χ1) is 3.15. The van der Waals surface area contributed by atoms with Gasteiger partial charge in [0.1, 0.15) is 0 Å². The van der Waals surface area contributed by atoms with E-state index in [1.807, 2.05) is 0 Å². The van der Waals surface area contributed by atoms with Crippen molar-refractivity contribution in [1.82, 2.24) is 0 Å². The molecule has 0 rings (SSSR count). The highest BCUT2D eigenvalue weighted by Gasteiger charge is 1.91. The van der Waals surface area contributed by atoms with Crippen LogP contribution in [0.4, 0.5) is 12.6 Å². The van der Waals surface area contributed by atoms with Gasteiger partial charge < -0.3 is 5.11 Å². The first-order valence-corrected chi connectivity index (χ1v) is 2.02. The monoisotopic (exact) mass is 134 g/mol. The molecule has 1 N–H and O–H groups in total. The van der Waals surface area contributed by atoms with Crippen molar-refractivity contribution >= 4 is 15.3 Å². The Labute approximate surface area is 39.1 Å². The molecule has 0 aliphatic heterocycles. The molecule has 0 aromatic carbocycles. The molecule has 0 fully saturated rings. The second kappa shape index (κ2) is 9.19. The van der Waals surface area contributed by atoms with Gasteiger partial charge in [-0.1, -0.05) is 0 Å². The van der Waals surface area contributed by atoms with E-state index in [-0.39, 0.29) is 6.47 Å². The maximum atomic E-state index is 9.73. The first-order valence-electron chi connectivity index (χ1n) is 1.00. The van der Waals surface area contributed by atoms with Crippen LogP contribution in [-0.4, -0.2) is 11.6 Å². The highest BCUT2D eigenvalue weighted by atomic mass is 31.2. The molecule has 0 saturated carbocycles. The van der Waals surface area contributed by atoms with Crippen molar-refractivity contribution in [3.8, 4) is 0 Å². The Morgan fingerprint density at radius 1 is 1.43 bits per heavy atom. The van der Waals surface area contributed by atoms with Gasteiger partial charge in [-0.3, -0.25) is 4.79 Å². The summed E-state index contributed by atoms with van der Waals surface area (Å²) >= 11 is 0. The molecule has 0 aromatic heterocycles. The minimum Gasteiger partial charge on any atom is -0.483 e. The van der Waals surface area contributed by atoms with Gasteiger partial charge in [0.2, 0.25) is 0 Å². The van der Waals surface area contributed by atoms with Crippen molar-refractivity contribution in [2.75, 3.05) is 0 Å². The molecule has 7 heavy (non-hydrogen) atoms. The Balaban J connectivity index is 0. The van der Waals surface area contributed by atoms with E-state index in [1.54, 1.807) is 0 Å². The standard InChI is InChI=1S/CH2O2.F3P/c2-1-3;1-4(2)3/h1H,(H,2,3);. The van der Waals surface area contributed by atoms with Crippen molar-refractivity contribution < 1.29 is 22.5 Å². The van der Waals surface area contributed by atoms with E-state index >= 15 is 0 Å². The predicted octanol–water partition coefficient (Wildman–Crippen LogP) is 1.82. The lowest BCUT2D eigenvalue weighted by atomic mass is 11.7. The summed E-state index contributed by atoms with van der Waals surface area (Å²) in [4.78, 5) is 8.36. The Bertz CT molecular complexity index is 37.2. The number of carboxylic acid groups (broad SMARTS) is 1. The van der Waals surface area contributed by atoms with Crippen molar-refractivity contribution in [1.29, 1.82) is 0 Å². The quantitative estimate of drug-likeness (QED) is 0.405. The third-order valence-corrected chi connectivity index (χ3v) is 0. The lowest BCUT2D eigenvalue weighted by molar-refractivity contribution is -0.122. The normalized spacial score (nSPS) is 6.86. The van der Waals surface area contributed by atoms with Crippen molar-refractivity contribution in [3.05, 3.63) is 0 Å². The van der Waals surface area contributed by atoms with Gasteiger partial charge in [-0.25, -0.2) is 0 Å². The fraction of sp³-hybridized carbons (Fsp3) is 0. The van der Waals surface area contributed by atoms with E-state index < -0.39 is 8.85 Å². The molecule has 0 amide bonds. The highest BCUT2D eigenvalue weighted by Crippen LogP contribution is 2.39. The van der Waals surface area contributed by atoms with Gasteiger partial charge in [0, 0.05) is 0 Å². The average Bonchev–Trinajstić information content (AvgIpc) is 1.33. The second-order valence-electron chi connectivity index (χ2n) is 0.297. The third-order valence-electron chi connectivity index (χ3n) is 0. The Kier molecular flexibility index (Phi) is 12.9. The number of hydrogen-bond acceptors (Lipinski definition) is 1. The first kappa shape index (κ1) is 9.85. The van der Waals surface area contributed by atoms with Crippen LogP contribution in [0.5, 0.6) is 0 Å². The number of carbonyl (C=O) groups is 1. The maximum Gasteiger partial charge on any atom is 0.456 e.